The molecule has 0 atom stereocenters. The van der Waals surface area contributed by atoms with Gasteiger partial charge in [0.25, 0.3) is 0 Å². The van der Waals surface area contributed by atoms with Gasteiger partial charge in [-0.2, -0.15) is 0 Å². The van der Waals surface area contributed by atoms with E-state index in [-0.39, 0.29) is 17.6 Å². The summed E-state index contributed by atoms with van der Waals surface area (Å²) in [5, 5.41) is 9.79. The first-order valence-corrected chi connectivity index (χ1v) is 8.02. The Bertz CT molecular complexity index is 829. The molecule has 0 radical (unpaired) electrons. The van der Waals surface area contributed by atoms with E-state index in [0.29, 0.717) is 24.4 Å². The predicted molar refractivity (Wildman–Crippen MR) is 96.1 cm³/mol. The lowest BCUT2D eigenvalue weighted by atomic mass is 10.0. The minimum atomic E-state index is -0.364. The maximum absolute atomic E-state index is 12.3. The lowest BCUT2D eigenvalue weighted by Gasteiger charge is -2.12. The van der Waals surface area contributed by atoms with E-state index in [1.807, 2.05) is 26.0 Å². The van der Waals surface area contributed by atoms with Crippen LogP contribution in [-0.4, -0.2) is 30.1 Å². The average Bonchev–Trinajstić information content (AvgIpc) is 3.03. The number of nitrogens with zero attached hydrogens (tertiary/aromatic N) is 1. The second-order valence-electron chi connectivity index (χ2n) is 6.01. The van der Waals surface area contributed by atoms with Crippen LogP contribution in [0.1, 0.15) is 27.0 Å². The number of ketones is 1. The van der Waals surface area contributed by atoms with E-state index in [1.165, 1.54) is 11.0 Å². The van der Waals surface area contributed by atoms with E-state index in [1.54, 1.807) is 30.3 Å². The van der Waals surface area contributed by atoms with Gasteiger partial charge in [-0.1, -0.05) is 6.08 Å². The van der Waals surface area contributed by atoms with Crippen molar-refractivity contribution >= 4 is 23.6 Å². The van der Waals surface area contributed by atoms with Crippen LogP contribution in [0.25, 0.3) is 6.08 Å². The van der Waals surface area contributed by atoms with Crippen molar-refractivity contribution < 1.29 is 19.4 Å². The third kappa shape index (κ3) is 3.55. The number of rotatable bonds is 4. The summed E-state index contributed by atoms with van der Waals surface area (Å²) in [6, 6.07) is 10.5. The summed E-state index contributed by atoms with van der Waals surface area (Å²) in [7, 11) is 0. The van der Waals surface area contributed by atoms with Gasteiger partial charge in [0.2, 0.25) is 0 Å². The maximum atomic E-state index is 12.3. The van der Waals surface area contributed by atoms with Crippen molar-refractivity contribution in [2.45, 2.75) is 13.8 Å². The first-order valence-electron chi connectivity index (χ1n) is 8.02. The summed E-state index contributed by atoms with van der Waals surface area (Å²) in [6.45, 7) is 4.55. The van der Waals surface area contributed by atoms with Crippen molar-refractivity contribution in [3.8, 4) is 5.75 Å². The van der Waals surface area contributed by atoms with E-state index in [2.05, 4.69) is 0 Å². The Balaban J connectivity index is 1.74. The second-order valence-corrected chi connectivity index (χ2v) is 6.01. The summed E-state index contributed by atoms with van der Waals surface area (Å²) < 4.78 is 4.90. The third-order valence-electron chi connectivity index (χ3n) is 4.16. The third-order valence-corrected chi connectivity index (χ3v) is 4.16. The molecule has 2 aromatic rings. The van der Waals surface area contributed by atoms with Crippen molar-refractivity contribution in [3.63, 3.8) is 0 Å². The van der Waals surface area contributed by atoms with E-state index < -0.39 is 0 Å². The van der Waals surface area contributed by atoms with Crippen molar-refractivity contribution in [1.29, 1.82) is 0 Å². The molecule has 5 nitrogen and oxygen atoms in total. The molecule has 0 bridgehead atoms. The smallest absolute Gasteiger partial charge is 0.414 e. The van der Waals surface area contributed by atoms with Gasteiger partial charge in [0.05, 0.1) is 6.54 Å². The molecule has 1 heterocycles. The SMILES string of the molecule is Cc1cc(/C=C\C(=O)c2ccc(N3CCOC3=O)cc2)cc(C)c1O. The zero-order valence-electron chi connectivity index (χ0n) is 14.2. The molecule has 0 aromatic heterocycles. The molecule has 1 saturated heterocycles. The molecule has 0 aliphatic carbocycles. The minimum absolute atomic E-state index is 0.126. The maximum Gasteiger partial charge on any atom is 0.414 e. The Kier molecular flexibility index (Phi) is 4.57. The highest BCUT2D eigenvalue weighted by Crippen LogP contribution is 2.24. The number of phenols is 1. The highest BCUT2D eigenvalue weighted by molar-refractivity contribution is 6.07. The molecule has 1 aliphatic heterocycles. The standard InChI is InChI=1S/C20H19NO4/c1-13-11-15(12-14(2)19(13)23)3-8-18(22)16-4-6-17(7-5-16)21-9-10-25-20(21)24/h3-8,11-12,23H,9-10H2,1-2H3/b8-3-. The van der Waals surface area contributed by atoms with Gasteiger partial charge in [0, 0.05) is 11.3 Å². The van der Waals surface area contributed by atoms with Gasteiger partial charge in [-0.25, -0.2) is 4.79 Å². The molecule has 2 aromatic carbocycles. The Hall–Kier alpha value is -3.08. The zero-order chi connectivity index (χ0) is 18.0. The summed E-state index contributed by atoms with van der Waals surface area (Å²) in [5.41, 5.74) is 3.66. The zero-order valence-corrected chi connectivity index (χ0v) is 14.2. The van der Waals surface area contributed by atoms with Crippen molar-refractivity contribution in [2.24, 2.45) is 0 Å². The number of carbonyl (C=O) groups excluding carboxylic acids is 2. The van der Waals surface area contributed by atoms with E-state index in [4.69, 9.17) is 4.74 Å². The van der Waals surface area contributed by atoms with Crippen molar-refractivity contribution in [2.75, 3.05) is 18.1 Å². The normalized spacial score (nSPS) is 14.2. The van der Waals surface area contributed by atoms with Crippen LogP contribution >= 0.6 is 0 Å². The van der Waals surface area contributed by atoms with Gasteiger partial charge in [-0.15, -0.1) is 0 Å². The summed E-state index contributed by atoms with van der Waals surface area (Å²) in [5.74, 6) is 0.151. The number of carbonyl (C=O) groups is 2. The monoisotopic (exact) mass is 337 g/mol. The molecule has 1 aliphatic rings. The van der Waals surface area contributed by atoms with Crippen LogP contribution in [0.4, 0.5) is 10.5 Å². The Morgan fingerprint density at radius 2 is 1.80 bits per heavy atom. The van der Waals surface area contributed by atoms with Crippen LogP contribution in [0.3, 0.4) is 0 Å². The van der Waals surface area contributed by atoms with Gasteiger partial charge in [-0.05, 0) is 73.0 Å². The number of hydrogen-bond acceptors (Lipinski definition) is 4. The van der Waals surface area contributed by atoms with E-state index in [0.717, 1.165) is 16.7 Å². The molecular weight excluding hydrogens is 318 g/mol. The highest BCUT2D eigenvalue weighted by Gasteiger charge is 2.23. The highest BCUT2D eigenvalue weighted by atomic mass is 16.6. The minimum Gasteiger partial charge on any atom is -0.507 e. The number of aromatic hydroxyl groups is 1. The molecule has 1 N–H and O–H groups in total. The van der Waals surface area contributed by atoms with Crippen LogP contribution < -0.4 is 4.90 Å². The van der Waals surface area contributed by atoms with Gasteiger partial charge in [0.15, 0.2) is 5.78 Å². The first kappa shape index (κ1) is 16.8. The van der Waals surface area contributed by atoms with Crippen LogP contribution in [-0.2, 0) is 4.74 Å². The fraction of sp³-hybridized carbons (Fsp3) is 0.200. The number of anilines is 1. The Morgan fingerprint density at radius 3 is 2.36 bits per heavy atom. The number of aryl methyl sites for hydroxylation is 2. The number of allylic oxidation sites excluding steroid dienone is 1. The molecular formula is C20H19NO4. The van der Waals surface area contributed by atoms with Gasteiger partial charge >= 0.3 is 6.09 Å². The molecule has 5 heteroatoms. The number of ether oxygens (including phenoxy) is 1. The molecule has 1 amide bonds. The second kappa shape index (κ2) is 6.81. The largest absolute Gasteiger partial charge is 0.507 e. The molecule has 0 saturated carbocycles. The summed E-state index contributed by atoms with van der Waals surface area (Å²) >= 11 is 0. The fourth-order valence-corrected chi connectivity index (χ4v) is 2.79. The molecule has 128 valence electrons. The lowest BCUT2D eigenvalue weighted by molar-refractivity contribution is 0.104. The molecule has 1 fully saturated rings. The number of phenolic OH excluding ortho intramolecular Hbond substituents is 1. The number of benzene rings is 2. The number of cyclic esters (lactones) is 1. The Morgan fingerprint density at radius 1 is 1.16 bits per heavy atom. The topological polar surface area (TPSA) is 66.8 Å². The van der Waals surface area contributed by atoms with Crippen molar-refractivity contribution in [1.82, 2.24) is 0 Å². The number of hydrogen-bond donors (Lipinski definition) is 1. The van der Waals surface area contributed by atoms with Crippen molar-refractivity contribution in [3.05, 3.63) is 64.7 Å². The quantitative estimate of drug-likeness (QED) is 0.679. The van der Waals surface area contributed by atoms with Crippen LogP contribution in [0.5, 0.6) is 5.75 Å². The van der Waals surface area contributed by atoms with Gasteiger partial charge < -0.3 is 9.84 Å². The fourth-order valence-electron chi connectivity index (χ4n) is 2.79. The van der Waals surface area contributed by atoms with E-state index >= 15 is 0 Å². The molecule has 3 rings (SSSR count). The summed E-state index contributed by atoms with van der Waals surface area (Å²) in [4.78, 5) is 25.4. The van der Waals surface area contributed by atoms with Crippen LogP contribution in [0.15, 0.2) is 42.5 Å². The van der Waals surface area contributed by atoms with Gasteiger partial charge in [-0.3, -0.25) is 9.69 Å². The molecule has 0 spiro atoms. The molecule has 25 heavy (non-hydrogen) atoms. The van der Waals surface area contributed by atoms with Gasteiger partial charge in [0.1, 0.15) is 12.4 Å². The van der Waals surface area contributed by atoms with Crippen LogP contribution in [0, 0.1) is 13.8 Å². The Labute approximate surface area is 146 Å². The molecule has 0 unspecified atom stereocenters. The first-order chi connectivity index (χ1) is 12.0. The summed E-state index contributed by atoms with van der Waals surface area (Å²) in [6.07, 6.45) is 2.87. The number of amides is 1. The lowest BCUT2D eigenvalue weighted by Crippen LogP contribution is -2.23. The van der Waals surface area contributed by atoms with E-state index in [9.17, 15) is 14.7 Å². The average molecular weight is 337 g/mol. The predicted octanol–water partition coefficient (Wildman–Crippen LogP) is 3.86. The van der Waals surface area contributed by atoms with Crippen LogP contribution in [0.2, 0.25) is 0 Å².